The molecule has 7 heteroatoms. The number of aromatic nitrogens is 2. The van der Waals surface area contributed by atoms with E-state index >= 15 is 0 Å². The van der Waals surface area contributed by atoms with Gasteiger partial charge in [-0.3, -0.25) is 14.0 Å². The highest BCUT2D eigenvalue weighted by molar-refractivity contribution is 5.82. The fraction of sp³-hybridized carbons (Fsp3) is 0.364. The Morgan fingerprint density at radius 1 is 1.34 bits per heavy atom. The number of para-hydroxylation sites is 2. The van der Waals surface area contributed by atoms with Crippen molar-refractivity contribution in [3.63, 3.8) is 0 Å². The second kappa shape index (κ2) is 7.55. The molecule has 0 amide bonds. The Morgan fingerprint density at radius 3 is 2.76 bits per heavy atom. The normalized spacial score (nSPS) is 15.8. The average Bonchev–Trinajstić information content (AvgIpc) is 3.11. The molecule has 0 N–H and O–H groups in total. The van der Waals surface area contributed by atoms with E-state index in [1.807, 2.05) is 42.3 Å². The Labute approximate surface area is 167 Å². The lowest BCUT2D eigenvalue weighted by Crippen LogP contribution is -2.39. The third-order valence-corrected chi connectivity index (χ3v) is 5.57. The first-order valence-electron chi connectivity index (χ1n) is 9.81. The zero-order valence-corrected chi connectivity index (χ0v) is 16.5. The number of ether oxygens (including phenoxy) is 1. The van der Waals surface area contributed by atoms with Crippen LogP contribution >= 0.6 is 0 Å². The first-order chi connectivity index (χ1) is 14.0. The molecule has 4 rings (SSSR count). The van der Waals surface area contributed by atoms with Gasteiger partial charge in [0.1, 0.15) is 6.07 Å². The van der Waals surface area contributed by atoms with E-state index in [0.29, 0.717) is 65.6 Å². The summed E-state index contributed by atoms with van der Waals surface area (Å²) in [6, 6.07) is 9.60. The molecule has 0 unspecified atom stereocenters. The van der Waals surface area contributed by atoms with Crippen molar-refractivity contribution in [2.24, 2.45) is 5.92 Å². The van der Waals surface area contributed by atoms with Gasteiger partial charge in [-0.05, 0) is 44.4 Å². The van der Waals surface area contributed by atoms with Gasteiger partial charge in [0.2, 0.25) is 0 Å². The first kappa shape index (κ1) is 18.9. The molecule has 1 fully saturated rings. The van der Waals surface area contributed by atoms with E-state index in [1.54, 1.807) is 6.92 Å². The molecule has 2 aromatic heterocycles. The summed E-state index contributed by atoms with van der Waals surface area (Å²) in [7, 11) is 0. The number of hydrogen-bond donors (Lipinski definition) is 0. The standard InChI is InChI=1S/C22H22N4O3/c1-3-29-22(28)15-8-10-25(11-9-15)13-17-14(2)16(12-23)20-24-18-6-4-5-7-19(18)26(20)21(17)27/h4-7,13,15H,3,8-11H2,1-2H3/b17-13+. The highest BCUT2D eigenvalue weighted by atomic mass is 16.5. The van der Waals surface area contributed by atoms with E-state index in [-0.39, 0.29) is 17.4 Å². The van der Waals surface area contributed by atoms with Gasteiger partial charge in [-0.2, -0.15) is 5.26 Å². The number of carbonyl (C=O) groups excluding carboxylic acids is 1. The molecule has 1 saturated heterocycles. The van der Waals surface area contributed by atoms with Gasteiger partial charge in [0.25, 0.3) is 5.56 Å². The molecule has 0 radical (unpaired) electrons. The second-order valence-corrected chi connectivity index (χ2v) is 7.28. The Balaban J connectivity index is 1.79. The third kappa shape index (κ3) is 3.21. The molecule has 1 aromatic carbocycles. The Hall–Kier alpha value is -3.40. The Morgan fingerprint density at radius 2 is 2.07 bits per heavy atom. The smallest absolute Gasteiger partial charge is 0.309 e. The predicted molar refractivity (Wildman–Crippen MR) is 109 cm³/mol. The zero-order chi connectivity index (χ0) is 20.5. The van der Waals surface area contributed by atoms with E-state index in [1.165, 1.54) is 4.40 Å². The third-order valence-electron chi connectivity index (χ3n) is 5.57. The number of carbonyl (C=O) groups is 1. The molecular formula is C22H22N4O3. The molecule has 0 saturated carbocycles. The van der Waals surface area contributed by atoms with Gasteiger partial charge in [0, 0.05) is 19.3 Å². The van der Waals surface area contributed by atoms with Crippen LogP contribution in [-0.2, 0) is 9.53 Å². The van der Waals surface area contributed by atoms with Gasteiger partial charge < -0.3 is 9.64 Å². The quantitative estimate of drug-likeness (QED) is 0.634. The van der Waals surface area contributed by atoms with Crippen molar-refractivity contribution in [1.29, 1.82) is 5.26 Å². The lowest BCUT2D eigenvalue weighted by molar-refractivity contribution is -0.149. The molecule has 0 spiro atoms. The van der Waals surface area contributed by atoms with E-state index in [9.17, 15) is 14.9 Å². The zero-order valence-electron chi connectivity index (χ0n) is 16.5. The van der Waals surface area contributed by atoms with E-state index in [4.69, 9.17) is 4.74 Å². The van der Waals surface area contributed by atoms with Crippen LogP contribution in [0.25, 0.3) is 22.9 Å². The lowest BCUT2D eigenvalue weighted by Gasteiger charge is -2.29. The van der Waals surface area contributed by atoms with Crippen LogP contribution in [0.3, 0.4) is 0 Å². The van der Waals surface area contributed by atoms with Crippen LogP contribution in [0, 0.1) is 24.2 Å². The van der Waals surface area contributed by atoms with Crippen LogP contribution in [0.4, 0.5) is 0 Å². The fourth-order valence-electron chi connectivity index (χ4n) is 3.98. The number of esters is 1. The molecule has 0 aliphatic carbocycles. The molecule has 7 nitrogen and oxygen atoms in total. The van der Waals surface area contributed by atoms with Crippen molar-refractivity contribution in [1.82, 2.24) is 14.3 Å². The minimum Gasteiger partial charge on any atom is -0.466 e. The van der Waals surface area contributed by atoms with Crippen LogP contribution in [0.1, 0.15) is 30.9 Å². The first-order valence-corrected chi connectivity index (χ1v) is 9.81. The molecule has 1 aliphatic rings. The molecule has 1 aliphatic heterocycles. The molecule has 3 aromatic rings. The number of likely N-dealkylation sites (tertiary alicyclic amines) is 1. The highest BCUT2D eigenvalue weighted by Crippen LogP contribution is 2.20. The molecule has 0 bridgehead atoms. The molecule has 29 heavy (non-hydrogen) atoms. The maximum absolute atomic E-state index is 13.3. The van der Waals surface area contributed by atoms with Crippen molar-refractivity contribution >= 4 is 28.8 Å². The maximum Gasteiger partial charge on any atom is 0.309 e. The van der Waals surface area contributed by atoms with Crippen LogP contribution in [0.5, 0.6) is 0 Å². The van der Waals surface area contributed by atoms with Crippen molar-refractivity contribution in [2.75, 3.05) is 19.7 Å². The van der Waals surface area contributed by atoms with Gasteiger partial charge in [0.15, 0.2) is 5.65 Å². The fourth-order valence-corrected chi connectivity index (χ4v) is 3.98. The lowest BCUT2D eigenvalue weighted by atomic mass is 9.97. The van der Waals surface area contributed by atoms with E-state index < -0.39 is 0 Å². The van der Waals surface area contributed by atoms with Crippen LogP contribution in [-0.4, -0.2) is 40.0 Å². The number of fused-ring (bicyclic) bond motifs is 3. The number of benzene rings is 1. The van der Waals surface area contributed by atoms with Gasteiger partial charge in [0.05, 0.1) is 34.3 Å². The van der Waals surface area contributed by atoms with E-state index in [2.05, 4.69) is 11.1 Å². The SMILES string of the molecule is CCOC(=O)C1CCN(/C=c2\c(C)c(C#N)c3nc4ccccc4n3c2=O)CC1. The number of imidazole rings is 1. The monoisotopic (exact) mass is 390 g/mol. The number of nitrogens with zero attached hydrogens (tertiary/aromatic N) is 4. The largest absolute Gasteiger partial charge is 0.466 e. The van der Waals surface area contributed by atoms with E-state index in [0.717, 1.165) is 0 Å². The van der Waals surface area contributed by atoms with Crippen LogP contribution in [0.2, 0.25) is 0 Å². The maximum atomic E-state index is 13.3. The summed E-state index contributed by atoms with van der Waals surface area (Å²) in [4.78, 5) is 31.8. The second-order valence-electron chi connectivity index (χ2n) is 7.28. The molecule has 0 atom stereocenters. The minimum absolute atomic E-state index is 0.0952. The number of rotatable bonds is 3. The molecule has 148 valence electrons. The number of nitriles is 1. The summed E-state index contributed by atoms with van der Waals surface area (Å²) < 4.78 is 6.65. The minimum atomic E-state index is -0.183. The Kier molecular flexibility index (Phi) is 4.93. The highest BCUT2D eigenvalue weighted by Gasteiger charge is 2.25. The average molecular weight is 390 g/mol. The molecule has 3 heterocycles. The van der Waals surface area contributed by atoms with Crippen molar-refractivity contribution < 1.29 is 9.53 Å². The van der Waals surface area contributed by atoms with Gasteiger partial charge in [-0.15, -0.1) is 0 Å². The summed E-state index contributed by atoms with van der Waals surface area (Å²) in [6.07, 6.45) is 3.20. The van der Waals surface area contributed by atoms with Gasteiger partial charge in [-0.1, -0.05) is 12.1 Å². The number of pyridine rings is 1. The number of hydrogen-bond acceptors (Lipinski definition) is 6. The van der Waals surface area contributed by atoms with Crippen molar-refractivity contribution in [3.8, 4) is 6.07 Å². The summed E-state index contributed by atoms with van der Waals surface area (Å²) in [5, 5.41) is 10.2. The van der Waals surface area contributed by atoms with Crippen LogP contribution < -0.4 is 10.8 Å². The summed E-state index contributed by atoms with van der Waals surface area (Å²) in [5.74, 6) is -0.243. The topological polar surface area (TPSA) is 87.7 Å². The van der Waals surface area contributed by atoms with Gasteiger partial charge >= 0.3 is 5.97 Å². The van der Waals surface area contributed by atoms with Gasteiger partial charge in [-0.25, -0.2) is 4.98 Å². The Bertz CT molecular complexity index is 1250. The van der Waals surface area contributed by atoms with Crippen LogP contribution in [0.15, 0.2) is 29.1 Å². The van der Waals surface area contributed by atoms with Crippen molar-refractivity contribution in [3.05, 3.63) is 51.0 Å². The summed E-state index contributed by atoms with van der Waals surface area (Å²) in [6.45, 7) is 5.30. The summed E-state index contributed by atoms with van der Waals surface area (Å²) >= 11 is 0. The van der Waals surface area contributed by atoms with Crippen molar-refractivity contribution in [2.45, 2.75) is 26.7 Å². The predicted octanol–water partition coefficient (Wildman–Crippen LogP) is 1.76. The summed E-state index contributed by atoms with van der Waals surface area (Å²) in [5.41, 5.74) is 2.64. The molecular weight excluding hydrogens is 368 g/mol. The number of piperidine rings is 1.